The maximum absolute atomic E-state index is 12.2. The van der Waals surface area contributed by atoms with Crippen LogP contribution in [0.25, 0.3) is 5.69 Å². The number of aromatic amines is 1. The fraction of sp³-hybridized carbons (Fsp3) is 0.318. The lowest BCUT2D eigenvalue weighted by Gasteiger charge is -2.24. The highest BCUT2D eigenvalue weighted by Crippen LogP contribution is 2.38. The van der Waals surface area contributed by atoms with Gasteiger partial charge in [0.1, 0.15) is 6.07 Å². The van der Waals surface area contributed by atoms with Crippen molar-refractivity contribution >= 4 is 29.4 Å². The smallest absolute Gasteiger partial charge is 0.438 e. The molecule has 0 spiro atoms. The van der Waals surface area contributed by atoms with Crippen molar-refractivity contribution in [2.75, 3.05) is 20.0 Å². The molecule has 0 atom stereocenters. The first kappa shape index (κ1) is 26.9. The summed E-state index contributed by atoms with van der Waals surface area (Å²) in [5, 5.41) is 20.6. The number of halogens is 2. The quantitative estimate of drug-likeness (QED) is 0.312. The Morgan fingerprint density at radius 2 is 1.95 bits per heavy atom. The highest BCUT2D eigenvalue weighted by molar-refractivity contribution is 6.37. The van der Waals surface area contributed by atoms with E-state index < -0.39 is 29.9 Å². The summed E-state index contributed by atoms with van der Waals surface area (Å²) in [5.74, 6) is 0.0343. The number of rotatable bonds is 8. The number of nitrogens with one attached hydrogen (secondary N) is 1. The molecule has 0 unspecified atom stereocenters. The summed E-state index contributed by atoms with van der Waals surface area (Å²) < 4.78 is 26.7. The van der Waals surface area contributed by atoms with Crippen molar-refractivity contribution in [3.8, 4) is 29.3 Å². The van der Waals surface area contributed by atoms with Crippen molar-refractivity contribution in [3.63, 3.8) is 0 Å². The summed E-state index contributed by atoms with van der Waals surface area (Å²) in [5.41, 5.74) is -1.69. The molecule has 3 heterocycles. The van der Waals surface area contributed by atoms with Gasteiger partial charge in [0, 0.05) is 11.6 Å². The minimum Gasteiger partial charge on any atom is -0.438 e. The third kappa shape index (κ3) is 6.02. The van der Waals surface area contributed by atoms with Gasteiger partial charge in [0.05, 0.1) is 28.9 Å². The van der Waals surface area contributed by atoms with Crippen molar-refractivity contribution in [2.24, 2.45) is 0 Å². The maximum Gasteiger partial charge on any atom is 0.511 e. The van der Waals surface area contributed by atoms with Crippen LogP contribution in [0.3, 0.4) is 0 Å². The SMILES string of the molecule is CC(C)c1cc(Oc2c(Cl)cc(-n3nc(C#N)c(=O)[nH]c3=O)cc2Cl)nnc1OCOC(=O)OC1COC1. The first-order valence-corrected chi connectivity index (χ1v) is 11.6. The van der Waals surface area contributed by atoms with E-state index in [1.807, 2.05) is 18.8 Å². The van der Waals surface area contributed by atoms with Gasteiger partial charge in [0.25, 0.3) is 5.56 Å². The van der Waals surface area contributed by atoms with Gasteiger partial charge in [-0.2, -0.15) is 9.94 Å². The largest absolute Gasteiger partial charge is 0.511 e. The Bertz CT molecular complexity index is 1510. The molecule has 0 saturated carbocycles. The van der Waals surface area contributed by atoms with Crippen LogP contribution in [0.15, 0.2) is 27.8 Å². The van der Waals surface area contributed by atoms with Crippen LogP contribution < -0.4 is 20.7 Å². The van der Waals surface area contributed by atoms with Gasteiger partial charge in [-0.1, -0.05) is 37.0 Å². The molecule has 1 aromatic carbocycles. The lowest BCUT2D eigenvalue weighted by atomic mass is 10.1. The van der Waals surface area contributed by atoms with Crippen molar-refractivity contribution in [1.82, 2.24) is 25.0 Å². The van der Waals surface area contributed by atoms with Gasteiger partial charge in [0.2, 0.25) is 24.2 Å². The second-order valence-electron chi connectivity index (χ2n) is 8.00. The van der Waals surface area contributed by atoms with Crippen LogP contribution in [0.1, 0.15) is 31.0 Å². The van der Waals surface area contributed by atoms with Crippen LogP contribution in [0.2, 0.25) is 10.0 Å². The van der Waals surface area contributed by atoms with E-state index in [1.54, 1.807) is 12.1 Å². The molecule has 198 valence electrons. The first-order valence-electron chi connectivity index (χ1n) is 10.9. The second-order valence-corrected chi connectivity index (χ2v) is 8.82. The molecule has 0 radical (unpaired) electrons. The standard InChI is InChI=1S/C22H18Cl2N6O8/c1-10(2)13-5-17(27-28-20(13)35-9-36-22(33)37-12-7-34-8-12)38-18-14(23)3-11(4-15(18)24)30-21(32)26-19(31)16(6-25)29-30/h3-5,10,12H,7-9H2,1-2H3,(H,26,31,32). The molecular formula is C22H18Cl2N6O8. The Hall–Kier alpha value is -4.19. The van der Waals surface area contributed by atoms with E-state index in [9.17, 15) is 14.4 Å². The van der Waals surface area contributed by atoms with E-state index >= 15 is 0 Å². The molecule has 3 aromatic rings. The highest BCUT2D eigenvalue weighted by Gasteiger charge is 2.24. The van der Waals surface area contributed by atoms with Crippen LogP contribution in [0, 0.1) is 11.3 Å². The summed E-state index contributed by atoms with van der Waals surface area (Å²) in [6, 6.07) is 5.74. The molecule has 38 heavy (non-hydrogen) atoms. The second kappa shape index (κ2) is 11.5. The van der Waals surface area contributed by atoms with Crippen LogP contribution >= 0.6 is 23.2 Å². The first-order chi connectivity index (χ1) is 18.2. The van der Waals surface area contributed by atoms with Gasteiger partial charge < -0.3 is 23.7 Å². The van der Waals surface area contributed by atoms with E-state index in [0.717, 1.165) is 4.68 Å². The molecule has 0 bridgehead atoms. The average molecular weight is 565 g/mol. The van der Waals surface area contributed by atoms with E-state index in [-0.39, 0.29) is 45.3 Å². The number of nitriles is 1. The van der Waals surface area contributed by atoms with Crippen molar-refractivity contribution in [1.29, 1.82) is 5.26 Å². The fourth-order valence-electron chi connectivity index (χ4n) is 3.06. The Balaban J connectivity index is 1.51. The molecular weight excluding hydrogens is 547 g/mol. The molecule has 1 aliphatic heterocycles. The number of H-pyrrole nitrogens is 1. The van der Waals surface area contributed by atoms with E-state index in [1.165, 1.54) is 12.1 Å². The molecule has 1 saturated heterocycles. The molecule has 14 nitrogen and oxygen atoms in total. The lowest BCUT2D eigenvalue weighted by molar-refractivity contribution is -0.119. The number of carbonyl (C=O) groups excluding carboxylic acids is 1. The topological polar surface area (TPSA) is 181 Å². The average Bonchev–Trinajstić information content (AvgIpc) is 2.84. The van der Waals surface area contributed by atoms with Crippen molar-refractivity contribution in [2.45, 2.75) is 25.9 Å². The Labute approximate surface area is 223 Å². The van der Waals surface area contributed by atoms with Crippen LogP contribution in [-0.4, -0.2) is 57.2 Å². The van der Waals surface area contributed by atoms with E-state index in [4.69, 9.17) is 52.1 Å². The van der Waals surface area contributed by atoms with Gasteiger partial charge in [-0.05, 0) is 18.1 Å². The molecule has 4 rings (SSSR count). The Morgan fingerprint density at radius 3 is 2.55 bits per heavy atom. The normalized spacial score (nSPS) is 12.9. The number of ether oxygens (including phenoxy) is 5. The molecule has 0 aliphatic carbocycles. The number of hydrogen-bond donors (Lipinski definition) is 1. The number of hydrogen-bond acceptors (Lipinski definition) is 12. The number of carbonyl (C=O) groups is 1. The molecule has 1 N–H and O–H groups in total. The van der Waals surface area contributed by atoms with Gasteiger partial charge >= 0.3 is 11.8 Å². The lowest BCUT2D eigenvalue weighted by Crippen LogP contribution is -2.38. The van der Waals surface area contributed by atoms with Crippen LogP contribution in [0.5, 0.6) is 17.5 Å². The third-order valence-electron chi connectivity index (χ3n) is 5.00. The zero-order chi connectivity index (χ0) is 27.4. The summed E-state index contributed by atoms with van der Waals surface area (Å²) in [6.07, 6.45) is -1.23. The van der Waals surface area contributed by atoms with Gasteiger partial charge in [-0.3, -0.25) is 9.78 Å². The summed E-state index contributed by atoms with van der Waals surface area (Å²) in [6.45, 7) is 3.94. The van der Waals surface area contributed by atoms with Crippen molar-refractivity contribution < 1.29 is 28.5 Å². The van der Waals surface area contributed by atoms with Gasteiger partial charge in [-0.25, -0.2) is 9.59 Å². The van der Waals surface area contributed by atoms with E-state index in [2.05, 4.69) is 15.3 Å². The van der Waals surface area contributed by atoms with E-state index in [0.29, 0.717) is 18.8 Å². The molecule has 1 aliphatic rings. The van der Waals surface area contributed by atoms with Crippen molar-refractivity contribution in [3.05, 3.63) is 60.3 Å². The summed E-state index contributed by atoms with van der Waals surface area (Å²) in [7, 11) is 0. The third-order valence-corrected chi connectivity index (χ3v) is 5.56. The predicted molar refractivity (Wildman–Crippen MR) is 129 cm³/mol. The number of benzene rings is 1. The molecule has 16 heteroatoms. The highest BCUT2D eigenvalue weighted by atomic mass is 35.5. The van der Waals surface area contributed by atoms with Gasteiger partial charge in [-0.15, -0.1) is 15.3 Å². The zero-order valence-electron chi connectivity index (χ0n) is 19.8. The molecule has 0 amide bonds. The van der Waals surface area contributed by atoms with Gasteiger partial charge in [0.15, 0.2) is 11.9 Å². The Kier molecular flexibility index (Phi) is 8.10. The summed E-state index contributed by atoms with van der Waals surface area (Å²) >= 11 is 12.7. The molecule has 2 aromatic heterocycles. The zero-order valence-corrected chi connectivity index (χ0v) is 21.3. The van der Waals surface area contributed by atoms with Crippen LogP contribution in [-0.2, 0) is 14.2 Å². The minimum atomic E-state index is -0.923. The summed E-state index contributed by atoms with van der Waals surface area (Å²) in [4.78, 5) is 37.4. The predicted octanol–water partition coefficient (Wildman–Crippen LogP) is 2.69. The van der Waals surface area contributed by atoms with Crippen LogP contribution in [0.4, 0.5) is 4.79 Å². The number of aromatic nitrogens is 5. The maximum atomic E-state index is 12.2. The Morgan fingerprint density at radius 1 is 1.24 bits per heavy atom. The fourth-order valence-corrected chi connectivity index (χ4v) is 3.61. The monoisotopic (exact) mass is 564 g/mol. The molecule has 1 fully saturated rings. The number of nitrogens with zero attached hydrogens (tertiary/aromatic N) is 5. The minimum absolute atomic E-state index is 0.00112.